The minimum absolute atomic E-state index is 0.0482. The summed E-state index contributed by atoms with van der Waals surface area (Å²) in [6.45, 7) is 3.35. The first kappa shape index (κ1) is 19.8. The Labute approximate surface area is 175 Å². The van der Waals surface area contributed by atoms with Crippen molar-refractivity contribution in [3.8, 4) is 0 Å². The zero-order chi connectivity index (χ0) is 21.5. The minimum atomic E-state index is -4.10. The van der Waals surface area contributed by atoms with Gasteiger partial charge in [-0.25, -0.2) is 8.42 Å². The normalized spacial score (nSPS) is 14.8. The molecule has 0 saturated heterocycles. The molecule has 30 heavy (non-hydrogen) atoms. The van der Waals surface area contributed by atoms with Gasteiger partial charge >= 0.3 is 0 Å². The van der Waals surface area contributed by atoms with E-state index in [4.69, 9.17) is 0 Å². The maximum atomic E-state index is 13.4. The van der Waals surface area contributed by atoms with Crippen LogP contribution in [0.15, 0.2) is 77.7 Å². The SMILES string of the molecule is CC(=O)c1ccc(/C=C2\c3ccccc3C(=O)N2S(=O)(=O)c2ccc(C)cc2)cc1. The van der Waals surface area contributed by atoms with Crippen molar-refractivity contribution >= 4 is 33.5 Å². The van der Waals surface area contributed by atoms with Crippen LogP contribution in [0.4, 0.5) is 0 Å². The van der Waals surface area contributed by atoms with E-state index in [0.29, 0.717) is 22.3 Å². The zero-order valence-corrected chi connectivity index (χ0v) is 17.3. The second-order valence-electron chi connectivity index (χ2n) is 7.14. The van der Waals surface area contributed by atoms with Gasteiger partial charge in [-0.3, -0.25) is 9.59 Å². The number of aryl methyl sites for hydroxylation is 1. The number of carbonyl (C=O) groups excluding carboxylic acids is 2. The number of fused-ring (bicyclic) bond motifs is 1. The first-order valence-corrected chi connectivity index (χ1v) is 10.8. The molecule has 0 unspecified atom stereocenters. The molecule has 1 heterocycles. The fourth-order valence-electron chi connectivity index (χ4n) is 3.38. The smallest absolute Gasteiger partial charge is 0.273 e. The Morgan fingerprint density at radius 1 is 0.867 bits per heavy atom. The van der Waals surface area contributed by atoms with Crippen LogP contribution in [0.2, 0.25) is 0 Å². The molecule has 1 aliphatic heterocycles. The monoisotopic (exact) mass is 417 g/mol. The molecule has 0 aliphatic carbocycles. The summed E-state index contributed by atoms with van der Waals surface area (Å²) in [7, 11) is -4.10. The second kappa shape index (κ2) is 7.39. The molecule has 150 valence electrons. The third kappa shape index (κ3) is 3.35. The molecule has 0 saturated carbocycles. The minimum Gasteiger partial charge on any atom is -0.295 e. The summed E-state index contributed by atoms with van der Waals surface area (Å²) in [6, 6.07) is 20.0. The van der Waals surface area contributed by atoms with Gasteiger partial charge in [0.15, 0.2) is 5.78 Å². The fourth-order valence-corrected chi connectivity index (χ4v) is 4.80. The van der Waals surface area contributed by atoms with Gasteiger partial charge in [0, 0.05) is 11.1 Å². The summed E-state index contributed by atoms with van der Waals surface area (Å²) in [5.74, 6) is -0.642. The second-order valence-corrected chi connectivity index (χ2v) is 8.93. The third-order valence-electron chi connectivity index (χ3n) is 5.02. The maximum Gasteiger partial charge on any atom is 0.273 e. The van der Waals surface area contributed by atoms with Crippen LogP contribution >= 0.6 is 0 Å². The molecule has 0 radical (unpaired) electrons. The molecule has 0 aromatic heterocycles. The lowest BCUT2D eigenvalue weighted by atomic mass is 10.0. The van der Waals surface area contributed by atoms with Crippen molar-refractivity contribution in [2.75, 3.05) is 0 Å². The molecular weight excluding hydrogens is 398 g/mol. The standard InChI is InChI=1S/C24H19NO4S/c1-16-7-13-20(14-8-16)30(28,29)25-23(21-5-3-4-6-22(21)24(25)27)15-18-9-11-19(12-10-18)17(2)26/h3-15H,1-2H3/b23-15+. The van der Waals surface area contributed by atoms with Crippen LogP contribution in [0.3, 0.4) is 0 Å². The van der Waals surface area contributed by atoms with Crippen LogP contribution in [0.25, 0.3) is 11.8 Å². The zero-order valence-electron chi connectivity index (χ0n) is 16.5. The Hall–Kier alpha value is -3.51. The van der Waals surface area contributed by atoms with E-state index in [-0.39, 0.29) is 16.4 Å². The number of carbonyl (C=O) groups is 2. The molecule has 1 amide bonds. The van der Waals surface area contributed by atoms with Crippen LogP contribution < -0.4 is 0 Å². The summed E-state index contributed by atoms with van der Waals surface area (Å²) in [4.78, 5) is 24.7. The predicted octanol–water partition coefficient (Wildman–Crippen LogP) is 4.54. The van der Waals surface area contributed by atoms with Gasteiger partial charge in [-0.05, 0) is 43.7 Å². The number of hydrogen-bond acceptors (Lipinski definition) is 4. The average Bonchev–Trinajstić information content (AvgIpc) is 3.01. The summed E-state index contributed by atoms with van der Waals surface area (Å²) in [5.41, 5.74) is 3.33. The van der Waals surface area contributed by atoms with E-state index < -0.39 is 15.9 Å². The Morgan fingerprint density at radius 2 is 1.47 bits per heavy atom. The van der Waals surface area contributed by atoms with Gasteiger partial charge in [0.25, 0.3) is 15.9 Å². The topological polar surface area (TPSA) is 71.5 Å². The number of benzene rings is 3. The lowest BCUT2D eigenvalue weighted by Crippen LogP contribution is -2.30. The third-order valence-corrected chi connectivity index (χ3v) is 6.73. The van der Waals surface area contributed by atoms with E-state index in [1.807, 2.05) is 6.92 Å². The number of nitrogens with zero attached hydrogens (tertiary/aromatic N) is 1. The first-order valence-electron chi connectivity index (χ1n) is 9.37. The van der Waals surface area contributed by atoms with Crippen LogP contribution in [-0.4, -0.2) is 24.4 Å². The van der Waals surface area contributed by atoms with Crippen molar-refractivity contribution in [1.29, 1.82) is 0 Å². The van der Waals surface area contributed by atoms with Crippen LogP contribution in [0.5, 0.6) is 0 Å². The van der Waals surface area contributed by atoms with Crippen LogP contribution in [0.1, 0.15) is 44.3 Å². The predicted molar refractivity (Wildman–Crippen MR) is 115 cm³/mol. The summed E-state index contributed by atoms with van der Waals surface area (Å²) in [6.07, 6.45) is 1.65. The molecule has 3 aromatic carbocycles. The molecule has 1 aliphatic rings. The van der Waals surface area contributed by atoms with E-state index in [1.165, 1.54) is 19.1 Å². The van der Waals surface area contributed by atoms with Crippen molar-refractivity contribution in [3.05, 3.63) is 101 Å². The molecule has 6 heteroatoms. The largest absolute Gasteiger partial charge is 0.295 e. The summed E-state index contributed by atoms with van der Waals surface area (Å²) >= 11 is 0. The Morgan fingerprint density at radius 3 is 2.07 bits per heavy atom. The number of amides is 1. The summed E-state index contributed by atoms with van der Waals surface area (Å²) < 4.78 is 27.6. The van der Waals surface area contributed by atoms with Crippen LogP contribution in [-0.2, 0) is 10.0 Å². The average molecular weight is 417 g/mol. The van der Waals surface area contributed by atoms with E-state index >= 15 is 0 Å². The highest BCUT2D eigenvalue weighted by Gasteiger charge is 2.40. The van der Waals surface area contributed by atoms with Crippen molar-refractivity contribution in [2.45, 2.75) is 18.7 Å². The van der Waals surface area contributed by atoms with Gasteiger partial charge in [-0.1, -0.05) is 60.2 Å². The lowest BCUT2D eigenvalue weighted by Gasteiger charge is -2.19. The highest BCUT2D eigenvalue weighted by Crippen LogP contribution is 2.38. The molecule has 0 bridgehead atoms. The molecule has 4 rings (SSSR count). The van der Waals surface area contributed by atoms with E-state index in [9.17, 15) is 18.0 Å². The Bertz CT molecular complexity index is 1290. The summed E-state index contributed by atoms with van der Waals surface area (Å²) in [5, 5.41) is 0. The molecule has 3 aromatic rings. The number of sulfonamides is 1. The van der Waals surface area contributed by atoms with E-state index in [2.05, 4.69) is 0 Å². The number of Topliss-reactive ketones (excluding diaryl/α,β-unsaturated/α-hetero) is 1. The molecule has 0 fully saturated rings. The maximum absolute atomic E-state index is 13.4. The van der Waals surface area contributed by atoms with Crippen molar-refractivity contribution < 1.29 is 18.0 Å². The van der Waals surface area contributed by atoms with E-state index in [0.717, 1.165) is 9.87 Å². The number of hydrogen-bond donors (Lipinski definition) is 0. The Balaban J connectivity index is 1.87. The number of ketones is 1. The van der Waals surface area contributed by atoms with Gasteiger partial charge in [-0.2, -0.15) is 4.31 Å². The Kier molecular flexibility index (Phi) is 4.87. The molecule has 5 nitrogen and oxygen atoms in total. The van der Waals surface area contributed by atoms with Gasteiger partial charge in [0.05, 0.1) is 16.2 Å². The van der Waals surface area contributed by atoms with Crippen LogP contribution in [0, 0.1) is 6.92 Å². The fraction of sp³-hybridized carbons (Fsp3) is 0.0833. The van der Waals surface area contributed by atoms with Crippen molar-refractivity contribution in [2.24, 2.45) is 0 Å². The van der Waals surface area contributed by atoms with Gasteiger partial charge < -0.3 is 0 Å². The quantitative estimate of drug-likeness (QED) is 0.584. The van der Waals surface area contributed by atoms with Gasteiger partial charge in [0.2, 0.25) is 0 Å². The molecule has 0 atom stereocenters. The lowest BCUT2D eigenvalue weighted by molar-refractivity contribution is 0.0916. The molecule has 0 N–H and O–H groups in total. The first-order chi connectivity index (χ1) is 14.3. The van der Waals surface area contributed by atoms with Crippen molar-refractivity contribution in [3.63, 3.8) is 0 Å². The van der Waals surface area contributed by atoms with Gasteiger partial charge in [0.1, 0.15) is 0 Å². The highest BCUT2D eigenvalue weighted by molar-refractivity contribution is 7.90. The highest BCUT2D eigenvalue weighted by atomic mass is 32.2. The van der Waals surface area contributed by atoms with E-state index in [1.54, 1.807) is 66.7 Å². The molecular formula is C24H19NO4S. The number of rotatable bonds is 4. The van der Waals surface area contributed by atoms with Gasteiger partial charge in [-0.15, -0.1) is 0 Å². The molecule has 0 spiro atoms. The van der Waals surface area contributed by atoms with Crippen molar-refractivity contribution in [1.82, 2.24) is 4.31 Å².